The number of carbonyl (C=O) groups is 1. The van der Waals surface area contributed by atoms with E-state index >= 15 is 0 Å². The van der Waals surface area contributed by atoms with E-state index in [-0.39, 0.29) is 6.42 Å². The molecule has 0 saturated carbocycles. The van der Waals surface area contributed by atoms with Crippen molar-refractivity contribution >= 4 is 39.7 Å². The number of hydrogen-bond acceptors (Lipinski definition) is 5. The SMILES string of the molecule is Cc1ccc(-c2nc(Nc3cccc(Cl)c3)sc2CC(=O)[O-])cc1C. The summed E-state index contributed by atoms with van der Waals surface area (Å²) in [6.45, 7) is 4.06. The number of nitrogens with one attached hydrogen (secondary N) is 1. The van der Waals surface area contributed by atoms with Crippen LogP contribution in [-0.4, -0.2) is 11.0 Å². The Kier molecular flexibility index (Phi) is 5.06. The van der Waals surface area contributed by atoms with Gasteiger partial charge in [-0.15, -0.1) is 11.3 Å². The summed E-state index contributed by atoms with van der Waals surface area (Å²) in [6.07, 6.45) is -0.169. The number of nitrogens with zero attached hydrogens (tertiary/aromatic N) is 1. The highest BCUT2D eigenvalue weighted by Gasteiger charge is 2.14. The Hall–Kier alpha value is -2.37. The molecule has 0 atom stereocenters. The maximum atomic E-state index is 11.1. The lowest BCUT2D eigenvalue weighted by Gasteiger charge is -2.06. The van der Waals surface area contributed by atoms with Gasteiger partial charge in [-0.3, -0.25) is 0 Å². The molecule has 25 heavy (non-hydrogen) atoms. The summed E-state index contributed by atoms with van der Waals surface area (Å²) in [4.78, 5) is 16.4. The lowest BCUT2D eigenvalue weighted by atomic mass is 10.0. The average Bonchev–Trinajstić information content (AvgIpc) is 2.91. The maximum Gasteiger partial charge on any atom is 0.187 e. The van der Waals surface area contributed by atoms with Gasteiger partial charge in [-0.1, -0.05) is 29.8 Å². The van der Waals surface area contributed by atoms with Gasteiger partial charge in [0.25, 0.3) is 0 Å². The molecule has 1 heterocycles. The first-order valence-electron chi connectivity index (χ1n) is 7.72. The molecule has 0 radical (unpaired) electrons. The van der Waals surface area contributed by atoms with Crippen LogP contribution in [-0.2, 0) is 11.2 Å². The highest BCUT2D eigenvalue weighted by molar-refractivity contribution is 7.16. The number of anilines is 2. The number of carbonyl (C=O) groups excluding carboxylic acids is 1. The predicted octanol–water partition coefficient (Wildman–Crippen LogP) is 4.12. The van der Waals surface area contributed by atoms with E-state index in [0.29, 0.717) is 20.7 Å². The number of carboxylic acid groups (broad SMARTS) is 1. The largest absolute Gasteiger partial charge is 0.550 e. The fourth-order valence-corrected chi connectivity index (χ4v) is 3.64. The van der Waals surface area contributed by atoms with E-state index in [1.807, 2.05) is 44.2 Å². The molecule has 3 rings (SSSR count). The number of thiazole rings is 1. The van der Waals surface area contributed by atoms with Crippen molar-refractivity contribution in [2.45, 2.75) is 20.3 Å². The number of aromatic nitrogens is 1. The van der Waals surface area contributed by atoms with E-state index in [1.54, 1.807) is 12.1 Å². The Morgan fingerprint density at radius 2 is 2.00 bits per heavy atom. The second-order valence-electron chi connectivity index (χ2n) is 5.77. The zero-order valence-corrected chi connectivity index (χ0v) is 15.4. The summed E-state index contributed by atoms with van der Waals surface area (Å²) in [7, 11) is 0. The number of benzene rings is 2. The highest BCUT2D eigenvalue weighted by atomic mass is 35.5. The van der Waals surface area contributed by atoms with E-state index in [4.69, 9.17) is 11.6 Å². The van der Waals surface area contributed by atoms with Crippen LogP contribution in [0.25, 0.3) is 11.3 Å². The van der Waals surface area contributed by atoms with E-state index in [0.717, 1.165) is 16.8 Å². The van der Waals surface area contributed by atoms with Gasteiger partial charge in [0.15, 0.2) is 5.13 Å². The van der Waals surface area contributed by atoms with Gasteiger partial charge in [-0.25, -0.2) is 4.98 Å². The van der Waals surface area contributed by atoms with Gasteiger partial charge in [0, 0.05) is 33.5 Å². The third kappa shape index (κ3) is 4.18. The van der Waals surface area contributed by atoms with E-state index in [1.165, 1.54) is 16.9 Å². The highest BCUT2D eigenvalue weighted by Crippen LogP contribution is 2.34. The third-order valence-corrected chi connectivity index (χ3v) is 5.06. The van der Waals surface area contributed by atoms with Crippen molar-refractivity contribution < 1.29 is 9.90 Å². The fraction of sp³-hybridized carbons (Fsp3) is 0.158. The van der Waals surface area contributed by atoms with Crippen LogP contribution in [0.15, 0.2) is 42.5 Å². The van der Waals surface area contributed by atoms with Gasteiger partial charge >= 0.3 is 0 Å². The van der Waals surface area contributed by atoms with Crippen molar-refractivity contribution in [1.82, 2.24) is 4.98 Å². The van der Waals surface area contributed by atoms with Crippen LogP contribution in [0.3, 0.4) is 0 Å². The topological polar surface area (TPSA) is 65.0 Å². The first-order chi connectivity index (χ1) is 11.9. The molecule has 2 aromatic carbocycles. The standard InChI is InChI=1S/C19H17ClN2O2S/c1-11-6-7-13(8-12(11)2)18-16(10-17(23)24)25-19(22-18)21-15-5-3-4-14(20)9-15/h3-9H,10H2,1-2H3,(H,21,22)(H,23,24)/p-1. The monoisotopic (exact) mass is 371 g/mol. The van der Waals surface area contributed by atoms with Crippen LogP contribution in [0.1, 0.15) is 16.0 Å². The van der Waals surface area contributed by atoms with E-state index in [9.17, 15) is 9.90 Å². The van der Waals surface area contributed by atoms with E-state index < -0.39 is 5.97 Å². The number of rotatable bonds is 5. The summed E-state index contributed by atoms with van der Waals surface area (Å²) < 4.78 is 0. The normalized spacial score (nSPS) is 10.7. The summed E-state index contributed by atoms with van der Waals surface area (Å²) >= 11 is 7.31. The second-order valence-corrected chi connectivity index (χ2v) is 7.29. The van der Waals surface area contributed by atoms with E-state index in [2.05, 4.69) is 10.3 Å². The minimum atomic E-state index is -1.12. The second kappa shape index (κ2) is 7.25. The van der Waals surface area contributed by atoms with Crippen LogP contribution in [0.2, 0.25) is 5.02 Å². The molecule has 0 aliphatic heterocycles. The fourth-order valence-electron chi connectivity index (χ4n) is 2.46. The molecule has 0 spiro atoms. The van der Waals surface area contributed by atoms with Crippen molar-refractivity contribution in [2.75, 3.05) is 5.32 Å². The molecule has 1 aromatic heterocycles. The molecular formula is C19H16ClN2O2S-. The zero-order valence-electron chi connectivity index (χ0n) is 13.8. The summed E-state index contributed by atoms with van der Waals surface area (Å²) in [6, 6.07) is 13.3. The number of aliphatic carboxylic acids is 1. The molecule has 0 fully saturated rings. The number of hydrogen-bond donors (Lipinski definition) is 1. The predicted molar refractivity (Wildman–Crippen MR) is 100 cm³/mol. The molecular weight excluding hydrogens is 356 g/mol. The van der Waals surface area contributed by atoms with Gasteiger partial charge in [0.1, 0.15) is 0 Å². The Balaban J connectivity index is 1.99. The lowest BCUT2D eigenvalue weighted by molar-refractivity contribution is -0.304. The van der Waals surface area contributed by atoms with Crippen molar-refractivity contribution in [3.8, 4) is 11.3 Å². The minimum absolute atomic E-state index is 0.169. The molecule has 128 valence electrons. The van der Waals surface area contributed by atoms with Gasteiger partial charge in [0.2, 0.25) is 0 Å². The van der Waals surface area contributed by atoms with Gasteiger partial charge < -0.3 is 15.2 Å². The maximum absolute atomic E-state index is 11.1. The van der Waals surface area contributed by atoms with Crippen molar-refractivity contribution in [3.63, 3.8) is 0 Å². The van der Waals surface area contributed by atoms with Crippen molar-refractivity contribution in [2.24, 2.45) is 0 Å². The molecule has 0 aliphatic rings. The Bertz CT molecular complexity index is 937. The van der Waals surface area contributed by atoms with Gasteiger partial charge in [-0.05, 0) is 49.2 Å². The minimum Gasteiger partial charge on any atom is -0.550 e. The average molecular weight is 372 g/mol. The molecule has 0 unspecified atom stereocenters. The van der Waals surface area contributed by atoms with Crippen LogP contribution >= 0.6 is 22.9 Å². The van der Waals surface area contributed by atoms with Crippen LogP contribution in [0.5, 0.6) is 0 Å². The van der Waals surface area contributed by atoms with Gasteiger partial charge in [-0.2, -0.15) is 0 Å². The van der Waals surface area contributed by atoms with Crippen molar-refractivity contribution in [1.29, 1.82) is 0 Å². The summed E-state index contributed by atoms with van der Waals surface area (Å²) in [5.41, 5.74) is 4.68. The van der Waals surface area contributed by atoms with Gasteiger partial charge in [0.05, 0.1) is 5.69 Å². The number of halogens is 1. The quantitative estimate of drug-likeness (QED) is 0.732. The molecule has 4 nitrogen and oxygen atoms in total. The van der Waals surface area contributed by atoms with Crippen LogP contribution in [0, 0.1) is 13.8 Å². The zero-order chi connectivity index (χ0) is 18.0. The summed E-state index contributed by atoms with van der Waals surface area (Å²) in [5, 5.41) is 15.5. The van der Waals surface area contributed by atoms with Crippen molar-refractivity contribution in [3.05, 3.63) is 63.5 Å². The molecule has 6 heteroatoms. The van der Waals surface area contributed by atoms with Crippen LogP contribution < -0.4 is 10.4 Å². The summed E-state index contributed by atoms with van der Waals surface area (Å²) in [5.74, 6) is -1.12. The number of carboxylic acids is 1. The first-order valence-corrected chi connectivity index (χ1v) is 8.91. The molecule has 1 N–H and O–H groups in total. The smallest absolute Gasteiger partial charge is 0.187 e. The molecule has 0 saturated heterocycles. The molecule has 0 amide bonds. The van der Waals surface area contributed by atoms with Crippen LogP contribution in [0.4, 0.5) is 10.8 Å². The first kappa shape index (κ1) is 17.5. The Morgan fingerprint density at radius 1 is 1.20 bits per heavy atom. The Morgan fingerprint density at radius 3 is 2.68 bits per heavy atom. The Labute approximate surface area is 155 Å². The molecule has 0 aliphatic carbocycles. The molecule has 3 aromatic rings. The molecule has 0 bridgehead atoms. The number of aryl methyl sites for hydroxylation is 2. The third-order valence-electron chi connectivity index (χ3n) is 3.86. The lowest BCUT2D eigenvalue weighted by Crippen LogP contribution is -2.24.